The van der Waals surface area contributed by atoms with Crippen molar-refractivity contribution in [2.45, 2.75) is 77.2 Å². The fraction of sp³-hybridized carbons (Fsp3) is 0.938. The monoisotopic (exact) mass is 266 g/mol. The lowest BCUT2D eigenvalue weighted by molar-refractivity contribution is -0.145. The molecular formula is C16H30N2O. The maximum Gasteiger partial charge on any atom is 0.228 e. The molecule has 3 heteroatoms. The van der Waals surface area contributed by atoms with Crippen LogP contribution in [-0.2, 0) is 4.79 Å². The maximum absolute atomic E-state index is 13.0. The number of carbonyl (C=O) groups is 1. The lowest BCUT2D eigenvalue weighted by atomic mass is 9.74. The van der Waals surface area contributed by atoms with E-state index in [-0.39, 0.29) is 5.41 Å². The summed E-state index contributed by atoms with van der Waals surface area (Å²) in [6.07, 6.45) is 11.8. The van der Waals surface area contributed by atoms with Gasteiger partial charge in [0.2, 0.25) is 5.91 Å². The van der Waals surface area contributed by atoms with Crippen LogP contribution in [0.4, 0.5) is 0 Å². The molecule has 0 aromatic carbocycles. The van der Waals surface area contributed by atoms with Gasteiger partial charge in [-0.25, -0.2) is 0 Å². The van der Waals surface area contributed by atoms with Gasteiger partial charge in [0.1, 0.15) is 0 Å². The fourth-order valence-corrected chi connectivity index (χ4v) is 3.82. The highest BCUT2D eigenvalue weighted by Crippen LogP contribution is 2.39. The van der Waals surface area contributed by atoms with Gasteiger partial charge in [0.15, 0.2) is 0 Å². The van der Waals surface area contributed by atoms with Crippen LogP contribution in [0.25, 0.3) is 0 Å². The van der Waals surface area contributed by atoms with E-state index < -0.39 is 0 Å². The molecule has 2 aliphatic carbocycles. The Hall–Kier alpha value is -0.570. The average molecular weight is 266 g/mol. The van der Waals surface area contributed by atoms with Crippen molar-refractivity contribution in [2.24, 2.45) is 11.1 Å². The Balaban J connectivity index is 2.04. The molecule has 0 aromatic heterocycles. The molecule has 2 aliphatic rings. The second-order valence-electron chi connectivity index (χ2n) is 6.70. The van der Waals surface area contributed by atoms with E-state index in [1.807, 2.05) is 0 Å². The first kappa shape index (κ1) is 14.8. The molecule has 2 rings (SSSR count). The normalized spacial score (nSPS) is 23.5. The predicted octanol–water partition coefficient (Wildman–Crippen LogP) is 3.08. The van der Waals surface area contributed by atoms with Gasteiger partial charge in [0, 0.05) is 18.0 Å². The van der Waals surface area contributed by atoms with Gasteiger partial charge in [-0.3, -0.25) is 4.79 Å². The minimum Gasteiger partial charge on any atom is -0.339 e. The molecule has 0 radical (unpaired) electrons. The van der Waals surface area contributed by atoms with E-state index in [9.17, 15) is 4.79 Å². The molecule has 0 atom stereocenters. The zero-order chi connectivity index (χ0) is 13.7. The van der Waals surface area contributed by atoms with Gasteiger partial charge < -0.3 is 10.6 Å². The number of rotatable bonds is 5. The van der Waals surface area contributed by atoms with Crippen molar-refractivity contribution in [2.75, 3.05) is 13.1 Å². The average Bonchev–Trinajstić information content (AvgIpc) is 2.94. The van der Waals surface area contributed by atoms with Gasteiger partial charge in [0.25, 0.3) is 0 Å². The molecule has 0 bridgehead atoms. The third-order valence-electron chi connectivity index (χ3n) is 5.10. The van der Waals surface area contributed by atoms with Crippen LogP contribution in [0, 0.1) is 5.41 Å². The van der Waals surface area contributed by atoms with E-state index in [0.29, 0.717) is 18.5 Å². The zero-order valence-corrected chi connectivity index (χ0v) is 12.5. The van der Waals surface area contributed by atoms with E-state index in [1.54, 1.807) is 0 Å². The number of hydrogen-bond acceptors (Lipinski definition) is 2. The highest BCUT2D eigenvalue weighted by molar-refractivity contribution is 5.82. The molecule has 0 aromatic rings. The highest BCUT2D eigenvalue weighted by atomic mass is 16.2. The van der Waals surface area contributed by atoms with Crippen molar-refractivity contribution >= 4 is 5.91 Å². The molecule has 0 unspecified atom stereocenters. The van der Waals surface area contributed by atoms with Gasteiger partial charge in [-0.15, -0.1) is 0 Å². The van der Waals surface area contributed by atoms with Crippen molar-refractivity contribution in [1.82, 2.24) is 4.90 Å². The fourth-order valence-electron chi connectivity index (χ4n) is 3.82. The first-order valence-corrected chi connectivity index (χ1v) is 8.18. The molecule has 1 amide bonds. The third-order valence-corrected chi connectivity index (χ3v) is 5.10. The largest absolute Gasteiger partial charge is 0.339 e. The van der Waals surface area contributed by atoms with Crippen LogP contribution >= 0.6 is 0 Å². The van der Waals surface area contributed by atoms with Crippen LogP contribution in [0.15, 0.2) is 0 Å². The summed E-state index contributed by atoms with van der Waals surface area (Å²) in [5.74, 6) is 0.424. The molecule has 2 fully saturated rings. The minimum atomic E-state index is -0.0879. The second kappa shape index (κ2) is 6.74. The molecule has 0 heterocycles. The SMILES string of the molecule is CC1(C(=O)N(CCCN)C2CCCC2)CCCCC1. The Morgan fingerprint density at radius 3 is 2.37 bits per heavy atom. The number of hydrogen-bond donors (Lipinski definition) is 1. The number of amides is 1. The lowest BCUT2D eigenvalue weighted by Gasteiger charge is -2.40. The van der Waals surface area contributed by atoms with Gasteiger partial charge >= 0.3 is 0 Å². The van der Waals surface area contributed by atoms with Crippen LogP contribution < -0.4 is 5.73 Å². The summed E-state index contributed by atoms with van der Waals surface area (Å²) >= 11 is 0. The van der Waals surface area contributed by atoms with Crippen LogP contribution in [-0.4, -0.2) is 29.9 Å². The first-order valence-electron chi connectivity index (χ1n) is 8.18. The molecule has 3 nitrogen and oxygen atoms in total. The van der Waals surface area contributed by atoms with Crippen LogP contribution in [0.2, 0.25) is 0 Å². The predicted molar refractivity (Wildman–Crippen MR) is 78.8 cm³/mol. The number of nitrogens with zero attached hydrogens (tertiary/aromatic N) is 1. The van der Waals surface area contributed by atoms with Crippen LogP contribution in [0.5, 0.6) is 0 Å². The van der Waals surface area contributed by atoms with Crippen molar-refractivity contribution in [1.29, 1.82) is 0 Å². The maximum atomic E-state index is 13.0. The summed E-state index contributed by atoms with van der Waals surface area (Å²) in [5, 5.41) is 0. The Bertz CT molecular complexity index is 291. The van der Waals surface area contributed by atoms with E-state index in [1.165, 1.54) is 44.9 Å². The summed E-state index contributed by atoms with van der Waals surface area (Å²) < 4.78 is 0. The first-order chi connectivity index (χ1) is 9.17. The standard InChI is InChI=1S/C16H30N2O/c1-16(10-5-2-6-11-16)15(19)18(13-7-12-17)14-8-3-4-9-14/h14H,2-13,17H2,1H3. The van der Waals surface area contributed by atoms with Crippen molar-refractivity contribution in [3.05, 3.63) is 0 Å². The van der Waals surface area contributed by atoms with Crippen molar-refractivity contribution in [3.8, 4) is 0 Å². The summed E-state index contributed by atoms with van der Waals surface area (Å²) in [6.45, 7) is 3.75. The molecule has 0 saturated heterocycles. The molecule has 2 N–H and O–H groups in total. The van der Waals surface area contributed by atoms with Crippen molar-refractivity contribution in [3.63, 3.8) is 0 Å². The Morgan fingerprint density at radius 1 is 1.16 bits per heavy atom. The Kier molecular flexibility index (Phi) is 5.26. The van der Waals surface area contributed by atoms with E-state index >= 15 is 0 Å². The lowest BCUT2D eigenvalue weighted by Crippen LogP contribution is -2.48. The molecular weight excluding hydrogens is 236 g/mol. The summed E-state index contributed by atoms with van der Waals surface area (Å²) in [7, 11) is 0. The van der Waals surface area contributed by atoms with Gasteiger partial charge in [-0.1, -0.05) is 39.0 Å². The van der Waals surface area contributed by atoms with Gasteiger partial charge in [-0.05, 0) is 38.6 Å². The summed E-state index contributed by atoms with van der Waals surface area (Å²) in [4.78, 5) is 15.2. The van der Waals surface area contributed by atoms with Crippen LogP contribution in [0.1, 0.15) is 71.1 Å². The Morgan fingerprint density at radius 2 is 1.79 bits per heavy atom. The quantitative estimate of drug-likeness (QED) is 0.831. The Labute approximate surface area is 117 Å². The number of carbonyl (C=O) groups excluding carboxylic acids is 1. The molecule has 110 valence electrons. The summed E-state index contributed by atoms with van der Waals surface area (Å²) in [5.41, 5.74) is 5.56. The number of nitrogens with two attached hydrogens (primary N) is 1. The topological polar surface area (TPSA) is 46.3 Å². The van der Waals surface area contributed by atoms with E-state index in [2.05, 4.69) is 11.8 Å². The third kappa shape index (κ3) is 3.50. The zero-order valence-electron chi connectivity index (χ0n) is 12.5. The van der Waals surface area contributed by atoms with Crippen LogP contribution in [0.3, 0.4) is 0 Å². The molecule has 19 heavy (non-hydrogen) atoms. The molecule has 2 saturated carbocycles. The summed E-state index contributed by atoms with van der Waals surface area (Å²) in [6, 6.07) is 0.498. The van der Waals surface area contributed by atoms with Crippen molar-refractivity contribution < 1.29 is 4.79 Å². The second-order valence-corrected chi connectivity index (χ2v) is 6.70. The van der Waals surface area contributed by atoms with Gasteiger partial charge in [-0.2, -0.15) is 0 Å². The van der Waals surface area contributed by atoms with E-state index in [4.69, 9.17) is 5.73 Å². The molecule has 0 spiro atoms. The molecule has 0 aliphatic heterocycles. The minimum absolute atomic E-state index is 0.0879. The highest BCUT2D eigenvalue weighted by Gasteiger charge is 2.39. The van der Waals surface area contributed by atoms with Gasteiger partial charge in [0.05, 0.1) is 0 Å². The smallest absolute Gasteiger partial charge is 0.228 e. The van der Waals surface area contributed by atoms with E-state index in [0.717, 1.165) is 25.8 Å².